The molecule has 1 aromatic heterocycles. The summed E-state index contributed by atoms with van der Waals surface area (Å²) in [7, 11) is -3.78. The van der Waals surface area contributed by atoms with Gasteiger partial charge in [0.2, 0.25) is 15.5 Å². The van der Waals surface area contributed by atoms with Gasteiger partial charge in [0.05, 0.1) is 34.9 Å². The number of aromatic nitrogens is 1. The van der Waals surface area contributed by atoms with E-state index >= 15 is 4.39 Å². The van der Waals surface area contributed by atoms with Crippen LogP contribution in [0.15, 0.2) is 62.6 Å². The molecule has 2 fully saturated rings. The monoisotopic (exact) mass is 514 g/mol. The van der Waals surface area contributed by atoms with Crippen molar-refractivity contribution in [1.82, 2.24) is 9.58 Å². The average molecular weight is 515 g/mol. The molecular formula is C23H23FN6O5S. The summed E-state index contributed by atoms with van der Waals surface area (Å²) in [5.74, 6) is -1.92. The number of hydrogen-bond donors (Lipinski definition) is 2. The van der Waals surface area contributed by atoms with Crippen LogP contribution in [-0.2, 0) is 10.0 Å². The summed E-state index contributed by atoms with van der Waals surface area (Å²) in [5.41, 5.74) is 0.273. The molecule has 2 heterocycles. The van der Waals surface area contributed by atoms with Crippen molar-refractivity contribution in [3.63, 3.8) is 0 Å². The molecule has 5 rings (SSSR count). The summed E-state index contributed by atoms with van der Waals surface area (Å²) in [6.45, 7) is 1.83. The van der Waals surface area contributed by atoms with E-state index in [-0.39, 0.29) is 21.9 Å². The molecule has 0 bridgehead atoms. The lowest BCUT2D eigenvalue weighted by atomic mass is 10.1. The van der Waals surface area contributed by atoms with E-state index in [4.69, 9.17) is 5.14 Å². The summed E-state index contributed by atoms with van der Waals surface area (Å²) >= 11 is 0. The number of fused-ring (bicyclic) bond motifs is 1. The van der Waals surface area contributed by atoms with Crippen molar-refractivity contribution in [2.24, 2.45) is 15.5 Å². The number of pyridine rings is 1. The van der Waals surface area contributed by atoms with Gasteiger partial charge in [-0.2, -0.15) is 0 Å². The minimum absolute atomic E-state index is 0.0150. The molecule has 0 amide bonds. The van der Waals surface area contributed by atoms with Crippen molar-refractivity contribution in [1.29, 1.82) is 0 Å². The summed E-state index contributed by atoms with van der Waals surface area (Å²) in [5, 5.41) is 24.6. The molecule has 1 saturated heterocycles. The van der Waals surface area contributed by atoms with Gasteiger partial charge in [-0.15, -0.1) is 5.11 Å². The minimum Gasteiger partial charge on any atom is -0.477 e. The summed E-state index contributed by atoms with van der Waals surface area (Å²) in [4.78, 5) is 26.0. The van der Waals surface area contributed by atoms with Crippen LogP contribution in [0.2, 0.25) is 0 Å². The van der Waals surface area contributed by atoms with Crippen LogP contribution in [0, 0.1) is 5.82 Å². The van der Waals surface area contributed by atoms with Crippen molar-refractivity contribution in [3.8, 4) is 0 Å². The highest BCUT2D eigenvalue weighted by atomic mass is 32.2. The van der Waals surface area contributed by atoms with Gasteiger partial charge in [0.25, 0.3) is 0 Å². The predicted molar refractivity (Wildman–Crippen MR) is 130 cm³/mol. The third kappa shape index (κ3) is 4.66. The van der Waals surface area contributed by atoms with Crippen LogP contribution in [0.1, 0.15) is 29.2 Å². The molecular weight excluding hydrogens is 491 g/mol. The zero-order chi connectivity index (χ0) is 25.6. The first-order valence-corrected chi connectivity index (χ1v) is 12.8. The topological polar surface area (TPSA) is 151 Å². The van der Waals surface area contributed by atoms with E-state index in [1.807, 2.05) is 4.90 Å². The first kappa shape index (κ1) is 23.9. The van der Waals surface area contributed by atoms with Crippen molar-refractivity contribution in [3.05, 3.63) is 64.2 Å². The molecule has 36 heavy (non-hydrogen) atoms. The number of carbonyl (C=O) groups is 1. The Morgan fingerprint density at radius 2 is 1.75 bits per heavy atom. The Morgan fingerprint density at radius 1 is 1.08 bits per heavy atom. The quantitative estimate of drug-likeness (QED) is 0.480. The van der Waals surface area contributed by atoms with Gasteiger partial charge in [-0.05, 0) is 49.2 Å². The summed E-state index contributed by atoms with van der Waals surface area (Å²) in [6.07, 6.45) is 3.11. The van der Waals surface area contributed by atoms with Gasteiger partial charge < -0.3 is 14.6 Å². The molecule has 2 aromatic carbocycles. The Bertz CT molecular complexity index is 1540. The smallest absolute Gasteiger partial charge is 0.341 e. The number of hydrogen-bond acceptors (Lipinski definition) is 7. The van der Waals surface area contributed by atoms with Gasteiger partial charge in [-0.25, -0.2) is 22.7 Å². The molecule has 0 spiro atoms. The fraction of sp³-hybridized carbons (Fsp3) is 0.304. The largest absolute Gasteiger partial charge is 0.477 e. The van der Waals surface area contributed by atoms with Crippen molar-refractivity contribution >= 4 is 38.3 Å². The van der Waals surface area contributed by atoms with Gasteiger partial charge in [0, 0.05) is 30.7 Å². The normalized spacial score (nSPS) is 16.7. The van der Waals surface area contributed by atoms with E-state index < -0.39 is 27.2 Å². The Kier molecular flexibility index (Phi) is 5.96. The number of aromatic carboxylic acids is 1. The number of piperazine rings is 1. The van der Waals surface area contributed by atoms with E-state index in [9.17, 15) is 23.1 Å². The van der Waals surface area contributed by atoms with E-state index in [2.05, 4.69) is 10.3 Å². The van der Waals surface area contributed by atoms with E-state index in [1.54, 1.807) is 15.6 Å². The maximum Gasteiger partial charge on any atom is 0.341 e. The Morgan fingerprint density at radius 3 is 2.33 bits per heavy atom. The van der Waals surface area contributed by atoms with Gasteiger partial charge >= 0.3 is 5.97 Å². The van der Waals surface area contributed by atoms with Crippen molar-refractivity contribution in [2.75, 3.05) is 31.1 Å². The molecule has 3 N–H and O–H groups in total. The molecule has 188 valence electrons. The van der Waals surface area contributed by atoms with Crippen LogP contribution in [0.4, 0.5) is 15.8 Å². The number of rotatable bonds is 6. The number of carboxylic acids is 1. The van der Waals surface area contributed by atoms with E-state index in [0.717, 1.165) is 18.9 Å². The number of halogens is 1. The highest BCUT2D eigenvalue weighted by Crippen LogP contribution is 2.38. The van der Waals surface area contributed by atoms with E-state index in [0.29, 0.717) is 43.1 Å². The number of benzene rings is 2. The van der Waals surface area contributed by atoms with Crippen LogP contribution in [-0.4, -0.2) is 55.2 Å². The standard InChI is InChI=1S/C23H23FN6O5S/c24-19-11-17-20(30(15-3-4-15)13-18(22(17)31)23(32)33)12-21(19)28-7-9-29(10-8-28)27-26-14-1-5-16(6-2-14)36(25,34)35/h1-2,5-6,11-13,15H,3-4,7-10H2,(H,32,33)(H2,25,34,35). The molecule has 0 radical (unpaired) electrons. The lowest BCUT2D eigenvalue weighted by molar-refractivity contribution is 0.0694. The summed E-state index contributed by atoms with van der Waals surface area (Å²) < 4.78 is 39.6. The maximum atomic E-state index is 15.1. The van der Waals surface area contributed by atoms with Crippen LogP contribution in [0.3, 0.4) is 0 Å². The van der Waals surface area contributed by atoms with Crippen LogP contribution in [0.25, 0.3) is 10.9 Å². The van der Waals surface area contributed by atoms with Gasteiger partial charge in [0.15, 0.2) is 0 Å². The second kappa shape index (κ2) is 8.99. The molecule has 3 aromatic rings. The fourth-order valence-corrected chi connectivity index (χ4v) is 4.77. The molecule has 0 atom stereocenters. The lowest BCUT2D eigenvalue weighted by Gasteiger charge is -2.34. The number of sulfonamides is 1. The highest BCUT2D eigenvalue weighted by molar-refractivity contribution is 7.89. The number of primary sulfonamides is 1. The first-order valence-electron chi connectivity index (χ1n) is 11.3. The maximum absolute atomic E-state index is 15.1. The Balaban J connectivity index is 1.34. The van der Waals surface area contributed by atoms with Gasteiger partial charge in [-0.1, -0.05) is 5.22 Å². The third-order valence-corrected chi connectivity index (χ3v) is 7.25. The molecule has 1 aliphatic heterocycles. The molecule has 1 saturated carbocycles. The van der Waals surface area contributed by atoms with E-state index in [1.165, 1.54) is 30.5 Å². The minimum atomic E-state index is -3.78. The van der Waals surface area contributed by atoms with Crippen LogP contribution < -0.4 is 15.5 Å². The molecule has 0 unspecified atom stereocenters. The molecule has 1 aliphatic carbocycles. The number of nitrogens with two attached hydrogens (primary N) is 1. The van der Waals surface area contributed by atoms with Crippen molar-refractivity contribution < 1.29 is 22.7 Å². The SMILES string of the molecule is NS(=O)(=O)c1ccc(N=NN2CCN(c3cc4c(cc3F)c(=O)c(C(=O)O)cn4C3CC3)CC2)cc1. The zero-order valence-electron chi connectivity index (χ0n) is 19.0. The van der Waals surface area contributed by atoms with Gasteiger partial charge in [-0.3, -0.25) is 9.80 Å². The second-order valence-corrected chi connectivity index (χ2v) is 10.4. The number of carboxylic acid groups (broad SMARTS) is 1. The number of nitrogens with zero attached hydrogens (tertiary/aromatic N) is 5. The number of anilines is 1. The highest BCUT2D eigenvalue weighted by Gasteiger charge is 2.28. The fourth-order valence-electron chi connectivity index (χ4n) is 4.25. The molecule has 13 heteroatoms. The van der Waals surface area contributed by atoms with Crippen LogP contribution in [0.5, 0.6) is 0 Å². The third-order valence-electron chi connectivity index (χ3n) is 6.32. The average Bonchev–Trinajstić information content (AvgIpc) is 3.68. The predicted octanol–water partition coefficient (Wildman–Crippen LogP) is 2.64. The van der Waals surface area contributed by atoms with Crippen molar-refractivity contribution in [2.45, 2.75) is 23.8 Å². The second-order valence-electron chi connectivity index (χ2n) is 8.81. The Hall–Kier alpha value is -3.84. The molecule has 2 aliphatic rings. The Labute approximate surface area is 205 Å². The molecule has 11 nitrogen and oxygen atoms in total. The summed E-state index contributed by atoms with van der Waals surface area (Å²) in [6, 6.07) is 8.56. The first-order chi connectivity index (χ1) is 17.1. The zero-order valence-corrected chi connectivity index (χ0v) is 19.9. The van der Waals surface area contributed by atoms with Gasteiger partial charge in [0.1, 0.15) is 11.4 Å². The lowest BCUT2D eigenvalue weighted by Crippen LogP contribution is -2.44. The van der Waals surface area contributed by atoms with Crippen LogP contribution >= 0.6 is 0 Å².